The van der Waals surface area contributed by atoms with Crippen LogP contribution in [0.2, 0.25) is 0 Å². The van der Waals surface area contributed by atoms with Gasteiger partial charge < -0.3 is 20.1 Å². The van der Waals surface area contributed by atoms with Gasteiger partial charge in [0, 0.05) is 46.6 Å². The predicted octanol–water partition coefficient (Wildman–Crippen LogP) is 2.63. The molecule has 0 spiro atoms. The summed E-state index contributed by atoms with van der Waals surface area (Å²) in [5.74, 6) is 1.22. The van der Waals surface area contributed by atoms with E-state index < -0.39 is 0 Å². The zero-order chi connectivity index (χ0) is 17.9. The average Bonchev–Trinajstić information content (AvgIpc) is 2.64. The first-order valence-electron chi connectivity index (χ1n) is 9.04. The Hall–Kier alpha value is -1.66. The van der Waals surface area contributed by atoms with E-state index in [-0.39, 0.29) is 5.82 Å². The van der Waals surface area contributed by atoms with Crippen molar-refractivity contribution in [3.8, 4) is 0 Å². The Kier molecular flexibility index (Phi) is 8.69. The van der Waals surface area contributed by atoms with Crippen LogP contribution >= 0.6 is 0 Å². The summed E-state index contributed by atoms with van der Waals surface area (Å²) in [6.07, 6.45) is 3.15. The number of hydrogen-bond donors (Lipinski definition) is 2. The minimum absolute atomic E-state index is 0.174. The van der Waals surface area contributed by atoms with Crippen molar-refractivity contribution in [2.24, 2.45) is 10.9 Å². The Morgan fingerprint density at radius 3 is 2.84 bits per heavy atom. The fourth-order valence-corrected chi connectivity index (χ4v) is 2.77. The summed E-state index contributed by atoms with van der Waals surface area (Å²) < 4.78 is 24.4. The highest BCUT2D eigenvalue weighted by atomic mass is 19.1. The molecule has 2 N–H and O–H groups in total. The molecule has 0 atom stereocenters. The maximum Gasteiger partial charge on any atom is 0.191 e. The smallest absolute Gasteiger partial charge is 0.191 e. The van der Waals surface area contributed by atoms with E-state index >= 15 is 0 Å². The second kappa shape index (κ2) is 11.1. The maximum absolute atomic E-state index is 13.3. The van der Waals surface area contributed by atoms with E-state index in [9.17, 15) is 4.39 Å². The number of aryl methyl sites for hydroxylation is 1. The monoisotopic (exact) mass is 351 g/mol. The number of hydrogen-bond acceptors (Lipinski definition) is 3. The van der Waals surface area contributed by atoms with Crippen molar-refractivity contribution in [3.05, 3.63) is 35.1 Å². The lowest BCUT2D eigenvalue weighted by atomic mass is 10.0. The highest BCUT2D eigenvalue weighted by Gasteiger charge is 2.13. The molecule has 5 nitrogen and oxygen atoms in total. The van der Waals surface area contributed by atoms with Gasteiger partial charge in [-0.3, -0.25) is 4.99 Å². The first-order valence-corrected chi connectivity index (χ1v) is 9.04. The largest absolute Gasteiger partial charge is 0.381 e. The molecule has 0 saturated carbocycles. The van der Waals surface area contributed by atoms with Gasteiger partial charge in [-0.15, -0.1) is 0 Å². The molecule has 0 unspecified atom stereocenters. The molecule has 1 saturated heterocycles. The Labute approximate surface area is 150 Å². The lowest BCUT2D eigenvalue weighted by Gasteiger charge is -2.21. The first kappa shape index (κ1) is 19.7. The Morgan fingerprint density at radius 2 is 2.12 bits per heavy atom. The zero-order valence-electron chi connectivity index (χ0n) is 15.3. The Morgan fingerprint density at radius 1 is 1.32 bits per heavy atom. The van der Waals surface area contributed by atoms with Crippen molar-refractivity contribution in [1.82, 2.24) is 10.6 Å². The van der Waals surface area contributed by atoms with Crippen molar-refractivity contribution < 1.29 is 13.9 Å². The topological polar surface area (TPSA) is 54.9 Å². The molecular formula is C19H30FN3O2. The number of halogens is 1. The van der Waals surface area contributed by atoms with Gasteiger partial charge in [-0.25, -0.2) is 4.39 Å². The van der Waals surface area contributed by atoms with Crippen LogP contribution in [-0.2, 0) is 16.0 Å². The van der Waals surface area contributed by atoms with Crippen LogP contribution in [0.25, 0.3) is 0 Å². The van der Waals surface area contributed by atoms with Crippen LogP contribution in [-0.4, -0.2) is 46.0 Å². The zero-order valence-corrected chi connectivity index (χ0v) is 15.3. The minimum Gasteiger partial charge on any atom is -0.381 e. The van der Waals surface area contributed by atoms with Gasteiger partial charge in [0.15, 0.2) is 5.96 Å². The fraction of sp³-hybridized carbons (Fsp3) is 0.632. The van der Waals surface area contributed by atoms with E-state index in [2.05, 4.69) is 15.6 Å². The van der Waals surface area contributed by atoms with Crippen LogP contribution in [0.5, 0.6) is 0 Å². The van der Waals surface area contributed by atoms with Gasteiger partial charge in [0.25, 0.3) is 0 Å². The molecule has 140 valence electrons. The summed E-state index contributed by atoms with van der Waals surface area (Å²) in [6, 6.07) is 5.13. The molecule has 2 rings (SSSR count). The van der Waals surface area contributed by atoms with Gasteiger partial charge in [-0.2, -0.15) is 0 Å². The van der Waals surface area contributed by atoms with E-state index in [4.69, 9.17) is 9.47 Å². The third-order valence-corrected chi connectivity index (χ3v) is 4.36. The number of rotatable bonds is 8. The van der Waals surface area contributed by atoms with E-state index in [0.29, 0.717) is 18.0 Å². The number of aliphatic imine (C=N–C) groups is 1. The van der Waals surface area contributed by atoms with E-state index in [1.165, 1.54) is 6.07 Å². The standard InChI is InChI=1S/C19H30FN3O2/c1-15-12-17(4-5-18(15)20)13-23-19(21-2)22-8-3-9-25-14-16-6-10-24-11-7-16/h4-5,12,16H,3,6-11,13-14H2,1-2H3,(H2,21,22,23). The average molecular weight is 351 g/mol. The van der Waals surface area contributed by atoms with Gasteiger partial charge in [0.05, 0.1) is 0 Å². The van der Waals surface area contributed by atoms with Crippen LogP contribution in [0.15, 0.2) is 23.2 Å². The molecule has 1 heterocycles. The van der Waals surface area contributed by atoms with Gasteiger partial charge >= 0.3 is 0 Å². The number of ether oxygens (including phenoxy) is 2. The minimum atomic E-state index is -0.174. The number of nitrogens with one attached hydrogen (secondary N) is 2. The van der Waals surface area contributed by atoms with Gasteiger partial charge in [-0.1, -0.05) is 12.1 Å². The normalized spacial score (nSPS) is 16.0. The molecule has 0 radical (unpaired) electrons. The number of nitrogens with zero attached hydrogens (tertiary/aromatic N) is 1. The quantitative estimate of drug-likeness (QED) is 0.429. The van der Waals surface area contributed by atoms with Crippen molar-refractivity contribution in [3.63, 3.8) is 0 Å². The van der Waals surface area contributed by atoms with E-state index in [1.807, 2.05) is 6.07 Å². The number of guanidine groups is 1. The van der Waals surface area contributed by atoms with E-state index in [0.717, 1.165) is 63.8 Å². The molecule has 0 aliphatic carbocycles. The molecule has 1 aromatic carbocycles. The van der Waals surface area contributed by atoms with Gasteiger partial charge in [-0.05, 0) is 49.3 Å². The number of benzene rings is 1. The highest BCUT2D eigenvalue weighted by molar-refractivity contribution is 5.79. The molecule has 1 aliphatic rings. The molecule has 0 bridgehead atoms. The SMILES string of the molecule is CN=C(NCCCOCC1CCOCC1)NCc1ccc(F)c(C)c1. The van der Waals surface area contributed by atoms with Crippen molar-refractivity contribution >= 4 is 5.96 Å². The molecule has 1 aromatic rings. The lowest BCUT2D eigenvalue weighted by molar-refractivity contribution is 0.0203. The molecule has 1 fully saturated rings. The maximum atomic E-state index is 13.3. The second-order valence-electron chi connectivity index (χ2n) is 6.42. The van der Waals surface area contributed by atoms with Crippen LogP contribution in [0.4, 0.5) is 4.39 Å². The third-order valence-electron chi connectivity index (χ3n) is 4.36. The summed E-state index contributed by atoms with van der Waals surface area (Å²) in [6.45, 7) is 6.50. The highest BCUT2D eigenvalue weighted by Crippen LogP contribution is 2.14. The summed E-state index contributed by atoms with van der Waals surface area (Å²) in [4.78, 5) is 4.20. The summed E-state index contributed by atoms with van der Waals surface area (Å²) in [5.41, 5.74) is 1.69. The van der Waals surface area contributed by atoms with Crippen LogP contribution in [0.1, 0.15) is 30.4 Å². The summed E-state index contributed by atoms with van der Waals surface area (Å²) in [5, 5.41) is 6.51. The van der Waals surface area contributed by atoms with Crippen molar-refractivity contribution in [2.45, 2.75) is 32.7 Å². The molecule has 6 heteroatoms. The predicted molar refractivity (Wildman–Crippen MR) is 98.3 cm³/mol. The Bertz CT molecular complexity index is 545. The third kappa shape index (κ3) is 7.40. The molecule has 1 aliphatic heterocycles. The first-order chi connectivity index (χ1) is 12.2. The van der Waals surface area contributed by atoms with Crippen LogP contribution in [0.3, 0.4) is 0 Å². The van der Waals surface area contributed by atoms with Crippen molar-refractivity contribution in [1.29, 1.82) is 0 Å². The van der Waals surface area contributed by atoms with Gasteiger partial charge in [0.1, 0.15) is 5.82 Å². The van der Waals surface area contributed by atoms with Gasteiger partial charge in [0.2, 0.25) is 0 Å². The van der Waals surface area contributed by atoms with E-state index in [1.54, 1.807) is 20.0 Å². The summed E-state index contributed by atoms with van der Waals surface area (Å²) >= 11 is 0. The fourth-order valence-electron chi connectivity index (χ4n) is 2.77. The van der Waals surface area contributed by atoms with Crippen LogP contribution < -0.4 is 10.6 Å². The molecular weight excluding hydrogens is 321 g/mol. The van der Waals surface area contributed by atoms with Crippen LogP contribution in [0, 0.1) is 18.7 Å². The molecule has 0 aromatic heterocycles. The second-order valence-corrected chi connectivity index (χ2v) is 6.42. The molecule has 0 amide bonds. The summed E-state index contributed by atoms with van der Waals surface area (Å²) in [7, 11) is 1.74. The lowest BCUT2D eigenvalue weighted by Crippen LogP contribution is -2.37. The molecule has 25 heavy (non-hydrogen) atoms. The van der Waals surface area contributed by atoms with Crippen molar-refractivity contribution in [2.75, 3.05) is 40.0 Å². The Balaban J connectivity index is 1.56.